The second-order valence-electron chi connectivity index (χ2n) is 7.40. The van der Waals surface area contributed by atoms with Crippen molar-refractivity contribution in [2.75, 3.05) is 24.5 Å². The molecule has 1 N–H and O–H groups in total. The summed E-state index contributed by atoms with van der Waals surface area (Å²) in [6.45, 7) is 13.2. The molecule has 0 atom stereocenters. The fourth-order valence-electron chi connectivity index (χ4n) is 2.77. The lowest BCUT2D eigenvalue weighted by atomic mass is 9.85. The van der Waals surface area contributed by atoms with Gasteiger partial charge in [0.2, 0.25) is 0 Å². The fourth-order valence-corrected chi connectivity index (χ4v) is 2.77. The Morgan fingerprint density at radius 1 is 1.24 bits per heavy atom. The Hall–Kier alpha value is -1.16. The summed E-state index contributed by atoms with van der Waals surface area (Å²) in [5.41, 5.74) is 1.50. The third-order valence-electron chi connectivity index (χ3n) is 4.19. The van der Waals surface area contributed by atoms with E-state index in [0.717, 1.165) is 37.7 Å². The molecule has 0 amide bonds. The van der Waals surface area contributed by atoms with E-state index in [2.05, 4.69) is 42.9 Å². The second-order valence-corrected chi connectivity index (χ2v) is 7.40. The molecular weight excluding hydrogens is 260 g/mol. The highest BCUT2D eigenvalue weighted by atomic mass is 15.2. The molecule has 4 nitrogen and oxygen atoms in total. The summed E-state index contributed by atoms with van der Waals surface area (Å²) in [6.07, 6.45) is 7.55. The van der Waals surface area contributed by atoms with Crippen LogP contribution >= 0.6 is 0 Å². The Morgan fingerprint density at radius 3 is 2.81 bits per heavy atom. The van der Waals surface area contributed by atoms with Gasteiger partial charge in [-0.1, -0.05) is 27.7 Å². The van der Waals surface area contributed by atoms with E-state index in [-0.39, 0.29) is 0 Å². The Kier molecular flexibility index (Phi) is 5.57. The van der Waals surface area contributed by atoms with E-state index in [1.807, 2.05) is 12.4 Å². The predicted octanol–water partition coefficient (Wildman–Crippen LogP) is 3.24. The lowest BCUT2D eigenvalue weighted by Crippen LogP contribution is -2.27. The Morgan fingerprint density at radius 2 is 2.05 bits per heavy atom. The Balaban J connectivity index is 1.96. The topological polar surface area (TPSA) is 41.1 Å². The van der Waals surface area contributed by atoms with Crippen LogP contribution in [0.3, 0.4) is 0 Å². The molecule has 0 unspecified atom stereocenters. The second kappa shape index (κ2) is 7.21. The van der Waals surface area contributed by atoms with Gasteiger partial charge in [-0.15, -0.1) is 0 Å². The summed E-state index contributed by atoms with van der Waals surface area (Å²) < 4.78 is 0. The minimum atomic E-state index is 0.457. The third-order valence-corrected chi connectivity index (χ3v) is 4.19. The first kappa shape index (κ1) is 16.2. The van der Waals surface area contributed by atoms with Gasteiger partial charge in [-0.2, -0.15) is 0 Å². The van der Waals surface area contributed by atoms with Crippen molar-refractivity contribution in [3.05, 3.63) is 18.1 Å². The fraction of sp³-hybridized carbons (Fsp3) is 0.765. The molecular formula is C17H30N4. The number of nitrogens with one attached hydrogen (secondary N) is 1. The first-order chi connectivity index (χ1) is 9.96. The van der Waals surface area contributed by atoms with E-state index >= 15 is 0 Å². The van der Waals surface area contributed by atoms with Gasteiger partial charge in [0.05, 0.1) is 11.9 Å². The number of hydrogen-bond donors (Lipinski definition) is 1. The minimum Gasteiger partial charge on any atom is -0.355 e. The van der Waals surface area contributed by atoms with Crippen molar-refractivity contribution >= 4 is 5.82 Å². The van der Waals surface area contributed by atoms with Crippen molar-refractivity contribution in [1.29, 1.82) is 0 Å². The van der Waals surface area contributed by atoms with Crippen LogP contribution in [0, 0.1) is 11.3 Å². The van der Waals surface area contributed by atoms with E-state index in [0.29, 0.717) is 11.3 Å². The van der Waals surface area contributed by atoms with Gasteiger partial charge < -0.3 is 10.2 Å². The van der Waals surface area contributed by atoms with Crippen LogP contribution in [-0.4, -0.2) is 29.6 Å². The molecule has 2 heterocycles. The first-order valence-corrected chi connectivity index (χ1v) is 8.23. The molecule has 1 aliphatic heterocycles. The summed E-state index contributed by atoms with van der Waals surface area (Å²) in [6, 6.07) is 0. The predicted molar refractivity (Wildman–Crippen MR) is 88.4 cm³/mol. The van der Waals surface area contributed by atoms with E-state index in [1.165, 1.54) is 19.3 Å². The number of aromatic nitrogens is 2. The molecule has 1 aliphatic rings. The minimum absolute atomic E-state index is 0.457. The molecule has 21 heavy (non-hydrogen) atoms. The van der Waals surface area contributed by atoms with Gasteiger partial charge in [-0.25, -0.2) is 4.98 Å². The van der Waals surface area contributed by atoms with Gasteiger partial charge in [0.15, 0.2) is 0 Å². The molecule has 0 radical (unpaired) electrons. The van der Waals surface area contributed by atoms with Crippen LogP contribution in [0.15, 0.2) is 12.4 Å². The normalized spacial score (nSPS) is 18.8. The van der Waals surface area contributed by atoms with Crippen molar-refractivity contribution in [1.82, 2.24) is 15.3 Å². The van der Waals surface area contributed by atoms with Gasteiger partial charge in [0, 0.05) is 25.8 Å². The maximum Gasteiger partial charge on any atom is 0.147 e. The van der Waals surface area contributed by atoms with E-state index in [9.17, 15) is 0 Å². The third kappa shape index (κ3) is 5.27. The molecule has 0 spiro atoms. The van der Waals surface area contributed by atoms with Gasteiger partial charge in [-0.3, -0.25) is 4.98 Å². The molecule has 0 bridgehead atoms. The highest BCUT2D eigenvalue weighted by Gasteiger charge is 2.23. The summed E-state index contributed by atoms with van der Waals surface area (Å²) in [4.78, 5) is 11.6. The Bertz CT molecular complexity index is 442. The molecule has 1 aromatic rings. The number of nitrogens with zero attached hydrogens (tertiary/aromatic N) is 3. The molecule has 4 heteroatoms. The van der Waals surface area contributed by atoms with Crippen LogP contribution in [0.4, 0.5) is 5.82 Å². The van der Waals surface area contributed by atoms with E-state index < -0.39 is 0 Å². The van der Waals surface area contributed by atoms with Crippen LogP contribution in [0.2, 0.25) is 0 Å². The number of rotatable bonds is 5. The van der Waals surface area contributed by atoms with Gasteiger partial charge >= 0.3 is 0 Å². The maximum absolute atomic E-state index is 4.78. The van der Waals surface area contributed by atoms with Gasteiger partial charge in [0.25, 0.3) is 0 Å². The van der Waals surface area contributed by atoms with Crippen LogP contribution < -0.4 is 10.2 Å². The quantitative estimate of drug-likeness (QED) is 0.904. The Labute approximate surface area is 129 Å². The molecule has 1 saturated heterocycles. The van der Waals surface area contributed by atoms with E-state index in [1.54, 1.807) is 0 Å². The monoisotopic (exact) mass is 290 g/mol. The SMILES string of the molecule is CC(C)CNCc1cncc(N2CCCC(C)(C)CC2)n1. The van der Waals surface area contributed by atoms with Crippen LogP contribution in [0.25, 0.3) is 0 Å². The standard InChI is InChI=1S/C17H30N4/c1-14(2)10-18-11-15-12-19-13-16(20-15)21-8-5-6-17(3,4)7-9-21/h12-14,18H,5-11H2,1-4H3. The van der Waals surface area contributed by atoms with Gasteiger partial charge in [-0.05, 0) is 37.1 Å². The zero-order valence-corrected chi connectivity index (χ0v) is 14.0. The molecule has 0 saturated carbocycles. The molecule has 0 aromatic carbocycles. The number of hydrogen-bond acceptors (Lipinski definition) is 4. The van der Waals surface area contributed by atoms with Crippen molar-refractivity contribution in [3.8, 4) is 0 Å². The largest absolute Gasteiger partial charge is 0.355 e. The van der Waals surface area contributed by atoms with Crippen molar-refractivity contribution in [2.45, 2.75) is 53.5 Å². The maximum atomic E-state index is 4.78. The van der Waals surface area contributed by atoms with Crippen molar-refractivity contribution in [2.24, 2.45) is 11.3 Å². The zero-order valence-electron chi connectivity index (χ0n) is 14.0. The zero-order chi connectivity index (χ0) is 15.3. The average molecular weight is 290 g/mol. The summed E-state index contributed by atoms with van der Waals surface area (Å²) in [5.74, 6) is 1.70. The average Bonchev–Trinajstić information content (AvgIpc) is 2.60. The smallest absolute Gasteiger partial charge is 0.147 e. The molecule has 118 valence electrons. The molecule has 2 rings (SSSR count). The molecule has 1 fully saturated rings. The summed E-state index contributed by atoms with van der Waals surface area (Å²) in [7, 11) is 0. The highest BCUT2D eigenvalue weighted by molar-refractivity contribution is 5.36. The molecule has 0 aliphatic carbocycles. The van der Waals surface area contributed by atoms with Crippen molar-refractivity contribution in [3.63, 3.8) is 0 Å². The molecule has 1 aromatic heterocycles. The van der Waals surface area contributed by atoms with Crippen LogP contribution in [0.1, 0.15) is 52.7 Å². The summed E-state index contributed by atoms with van der Waals surface area (Å²) >= 11 is 0. The summed E-state index contributed by atoms with van der Waals surface area (Å²) in [5, 5.41) is 3.44. The lowest BCUT2D eigenvalue weighted by Gasteiger charge is -2.24. The van der Waals surface area contributed by atoms with E-state index in [4.69, 9.17) is 4.98 Å². The van der Waals surface area contributed by atoms with Crippen molar-refractivity contribution < 1.29 is 0 Å². The highest BCUT2D eigenvalue weighted by Crippen LogP contribution is 2.30. The van der Waals surface area contributed by atoms with Gasteiger partial charge in [0.1, 0.15) is 5.82 Å². The lowest BCUT2D eigenvalue weighted by molar-refractivity contribution is 0.325. The number of anilines is 1. The first-order valence-electron chi connectivity index (χ1n) is 8.23. The van der Waals surface area contributed by atoms with Crippen LogP contribution in [0.5, 0.6) is 0 Å². The van der Waals surface area contributed by atoms with Crippen LogP contribution in [-0.2, 0) is 6.54 Å².